The summed E-state index contributed by atoms with van der Waals surface area (Å²) in [6, 6.07) is 5.81. The molecule has 0 bridgehead atoms. The summed E-state index contributed by atoms with van der Waals surface area (Å²) >= 11 is 3.39. The highest BCUT2D eigenvalue weighted by atomic mass is 79.9. The lowest BCUT2D eigenvalue weighted by Crippen LogP contribution is -1.97. The van der Waals surface area contributed by atoms with E-state index in [4.69, 9.17) is 10.3 Å². The van der Waals surface area contributed by atoms with Crippen molar-refractivity contribution in [2.24, 2.45) is 5.90 Å². The fourth-order valence-corrected chi connectivity index (χ4v) is 1.62. The summed E-state index contributed by atoms with van der Waals surface area (Å²) in [5.41, 5.74) is 1.80. The molecule has 0 unspecified atom stereocenters. The molecular formula is C9H8BrNO2. The van der Waals surface area contributed by atoms with Gasteiger partial charge in [0.1, 0.15) is 5.58 Å². The quantitative estimate of drug-likeness (QED) is 0.823. The first-order valence-electron chi connectivity index (χ1n) is 3.78. The molecule has 13 heavy (non-hydrogen) atoms. The van der Waals surface area contributed by atoms with Gasteiger partial charge < -0.3 is 4.42 Å². The Balaban J connectivity index is 2.58. The third-order valence-electron chi connectivity index (χ3n) is 1.85. The molecule has 0 radical (unpaired) electrons. The Kier molecular flexibility index (Phi) is 2.35. The Bertz CT molecular complexity index is 424. The van der Waals surface area contributed by atoms with Gasteiger partial charge in [0.2, 0.25) is 0 Å². The van der Waals surface area contributed by atoms with Crippen molar-refractivity contribution in [2.75, 3.05) is 0 Å². The van der Waals surface area contributed by atoms with E-state index in [0.29, 0.717) is 6.61 Å². The van der Waals surface area contributed by atoms with Gasteiger partial charge in [0.05, 0.1) is 12.9 Å². The molecule has 68 valence electrons. The Morgan fingerprint density at radius 3 is 3.08 bits per heavy atom. The minimum absolute atomic E-state index is 0.365. The van der Waals surface area contributed by atoms with Gasteiger partial charge in [-0.2, -0.15) is 0 Å². The van der Waals surface area contributed by atoms with Crippen molar-refractivity contribution >= 4 is 26.9 Å². The predicted molar refractivity (Wildman–Crippen MR) is 52.9 cm³/mol. The average Bonchev–Trinajstić information content (AvgIpc) is 2.49. The summed E-state index contributed by atoms with van der Waals surface area (Å²) in [6.45, 7) is 0.365. The Labute approximate surface area is 83.5 Å². The zero-order valence-corrected chi connectivity index (χ0v) is 8.37. The number of hydrogen-bond donors (Lipinski definition) is 1. The molecule has 2 rings (SSSR count). The van der Waals surface area contributed by atoms with Crippen LogP contribution in [0.1, 0.15) is 5.56 Å². The zero-order chi connectivity index (χ0) is 9.26. The number of furan rings is 1. The molecule has 0 saturated heterocycles. The van der Waals surface area contributed by atoms with E-state index in [1.54, 1.807) is 6.26 Å². The maximum absolute atomic E-state index is 5.30. The van der Waals surface area contributed by atoms with E-state index in [-0.39, 0.29) is 0 Å². The molecule has 0 saturated carbocycles. The second-order valence-electron chi connectivity index (χ2n) is 2.71. The molecule has 0 fully saturated rings. The van der Waals surface area contributed by atoms with E-state index in [2.05, 4.69) is 20.8 Å². The van der Waals surface area contributed by atoms with E-state index < -0.39 is 0 Å². The SMILES string of the molecule is NOCc1coc2ccc(Br)cc12. The summed E-state index contributed by atoms with van der Waals surface area (Å²) in [6.07, 6.45) is 1.66. The molecule has 0 spiro atoms. The van der Waals surface area contributed by atoms with Gasteiger partial charge in [0.25, 0.3) is 0 Å². The largest absolute Gasteiger partial charge is 0.464 e. The van der Waals surface area contributed by atoms with Crippen LogP contribution in [0.2, 0.25) is 0 Å². The van der Waals surface area contributed by atoms with Crippen LogP contribution in [-0.2, 0) is 11.4 Å². The molecule has 2 N–H and O–H groups in total. The molecule has 0 aliphatic rings. The highest BCUT2D eigenvalue weighted by Gasteiger charge is 2.05. The summed E-state index contributed by atoms with van der Waals surface area (Å²) in [5.74, 6) is 5.00. The van der Waals surface area contributed by atoms with Crippen molar-refractivity contribution in [3.63, 3.8) is 0 Å². The summed E-state index contributed by atoms with van der Waals surface area (Å²) in [5, 5.41) is 1.03. The number of fused-ring (bicyclic) bond motifs is 1. The van der Waals surface area contributed by atoms with E-state index in [1.807, 2.05) is 18.2 Å². The van der Waals surface area contributed by atoms with E-state index >= 15 is 0 Å². The van der Waals surface area contributed by atoms with Gasteiger partial charge in [-0.25, -0.2) is 5.90 Å². The van der Waals surface area contributed by atoms with Crippen LogP contribution >= 0.6 is 15.9 Å². The fourth-order valence-electron chi connectivity index (χ4n) is 1.26. The maximum atomic E-state index is 5.30. The summed E-state index contributed by atoms with van der Waals surface area (Å²) in [4.78, 5) is 4.56. The maximum Gasteiger partial charge on any atom is 0.134 e. The van der Waals surface area contributed by atoms with Crippen molar-refractivity contribution < 1.29 is 9.25 Å². The number of hydrogen-bond acceptors (Lipinski definition) is 3. The van der Waals surface area contributed by atoms with Crippen LogP contribution in [0.3, 0.4) is 0 Å². The second-order valence-corrected chi connectivity index (χ2v) is 3.63. The topological polar surface area (TPSA) is 48.4 Å². The van der Waals surface area contributed by atoms with Gasteiger partial charge in [0.15, 0.2) is 0 Å². The number of rotatable bonds is 2. The number of benzene rings is 1. The number of nitrogens with two attached hydrogens (primary N) is 1. The van der Waals surface area contributed by atoms with E-state index in [0.717, 1.165) is 21.0 Å². The molecule has 0 aliphatic heterocycles. The predicted octanol–water partition coefficient (Wildman–Crippen LogP) is 2.59. The zero-order valence-electron chi connectivity index (χ0n) is 6.79. The van der Waals surface area contributed by atoms with Gasteiger partial charge in [-0.05, 0) is 18.2 Å². The minimum Gasteiger partial charge on any atom is -0.464 e. The Morgan fingerprint density at radius 2 is 2.31 bits per heavy atom. The molecule has 2 aromatic rings. The van der Waals surface area contributed by atoms with Crippen LogP contribution in [0.25, 0.3) is 11.0 Å². The van der Waals surface area contributed by atoms with Crippen molar-refractivity contribution in [2.45, 2.75) is 6.61 Å². The van der Waals surface area contributed by atoms with Crippen LogP contribution in [0.15, 0.2) is 33.4 Å². The summed E-state index contributed by atoms with van der Waals surface area (Å²) in [7, 11) is 0. The van der Waals surface area contributed by atoms with Crippen LogP contribution < -0.4 is 5.90 Å². The molecule has 1 aromatic heterocycles. The first kappa shape index (κ1) is 8.74. The lowest BCUT2D eigenvalue weighted by molar-refractivity contribution is 0.124. The van der Waals surface area contributed by atoms with E-state index in [1.165, 1.54) is 0 Å². The highest BCUT2D eigenvalue weighted by molar-refractivity contribution is 9.10. The first-order chi connectivity index (χ1) is 6.31. The second kappa shape index (κ2) is 3.49. The smallest absolute Gasteiger partial charge is 0.134 e. The lowest BCUT2D eigenvalue weighted by atomic mass is 10.2. The standard InChI is InChI=1S/C9H8BrNO2/c10-7-1-2-9-8(3-7)6(4-12-9)5-13-11/h1-4H,5,11H2. The van der Waals surface area contributed by atoms with Crippen LogP contribution in [0.4, 0.5) is 0 Å². The third-order valence-corrected chi connectivity index (χ3v) is 2.35. The monoisotopic (exact) mass is 241 g/mol. The van der Waals surface area contributed by atoms with Gasteiger partial charge in [0, 0.05) is 15.4 Å². The molecular weight excluding hydrogens is 234 g/mol. The molecule has 3 nitrogen and oxygen atoms in total. The highest BCUT2D eigenvalue weighted by Crippen LogP contribution is 2.24. The number of halogens is 1. The lowest BCUT2D eigenvalue weighted by Gasteiger charge is -1.94. The Morgan fingerprint density at radius 1 is 1.46 bits per heavy atom. The molecule has 1 aromatic carbocycles. The molecule has 0 aliphatic carbocycles. The molecule has 1 heterocycles. The fraction of sp³-hybridized carbons (Fsp3) is 0.111. The van der Waals surface area contributed by atoms with Crippen LogP contribution in [0.5, 0.6) is 0 Å². The van der Waals surface area contributed by atoms with Gasteiger partial charge in [-0.15, -0.1) is 0 Å². The van der Waals surface area contributed by atoms with Crippen LogP contribution in [0, 0.1) is 0 Å². The van der Waals surface area contributed by atoms with E-state index in [9.17, 15) is 0 Å². The average molecular weight is 242 g/mol. The van der Waals surface area contributed by atoms with Crippen molar-refractivity contribution in [3.05, 3.63) is 34.5 Å². The van der Waals surface area contributed by atoms with Crippen LogP contribution in [-0.4, -0.2) is 0 Å². The Hall–Kier alpha value is -0.840. The molecule has 0 atom stereocenters. The van der Waals surface area contributed by atoms with Gasteiger partial charge >= 0.3 is 0 Å². The van der Waals surface area contributed by atoms with Gasteiger partial charge in [-0.1, -0.05) is 15.9 Å². The minimum atomic E-state index is 0.365. The normalized spacial score (nSPS) is 10.9. The molecule has 0 amide bonds. The first-order valence-corrected chi connectivity index (χ1v) is 4.58. The third kappa shape index (κ3) is 1.60. The van der Waals surface area contributed by atoms with Crippen molar-refractivity contribution in [1.82, 2.24) is 0 Å². The van der Waals surface area contributed by atoms with Crippen molar-refractivity contribution in [1.29, 1.82) is 0 Å². The molecule has 4 heteroatoms. The van der Waals surface area contributed by atoms with Gasteiger partial charge in [-0.3, -0.25) is 4.84 Å². The summed E-state index contributed by atoms with van der Waals surface area (Å²) < 4.78 is 6.31. The van der Waals surface area contributed by atoms with Crippen molar-refractivity contribution in [3.8, 4) is 0 Å².